The number of carbonyl (C=O) groups excluding carboxylic acids is 5. The van der Waals surface area contributed by atoms with Gasteiger partial charge < -0.3 is 39.0 Å². The maximum absolute atomic E-state index is 13.5. The summed E-state index contributed by atoms with van der Waals surface area (Å²) in [4.78, 5) is 85.0. The van der Waals surface area contributed by atoms with Crippen molar-refractivity contribution in [3.05, 3.63) is 75.8 Å². The van der Waals surface area contributed by atoms with Gasteiger partial charge in [0.2, 0.25) is 5.91 Å². The van der Waals surface area contributed by atoms with Gasteiger partial charge in [-0.05, 0) is 62.8 Å². The number of rotatable bonds is 17. The van der Waals surface area contributed by atoms with Crippen molar-refractivity contribution in [1.29, 1.82) is 0 Å². The normalized spacial score (nSPS) is 15.7. The number of anilines is 2. The molecule has 0 radical (unpaired) electrons. The Morgan fingerprint density at radius 1 is 0.881 bits per heavy atom. The number of nitrogens with zero attached hydrogens (tertiary/aromatic N) is 4. The van der Waals surface area contributed by atoms with E-state index < -0.39 is 17.9 Å². The van der Waals surface area contributed by atoms with Crippen LogP contribution in [0.3, 0.4) is 0 Å². The van der Waals surface area contributed by atoms with Gasteiger partial charge in [-0.1, -0.05) is 6.07 Å². The van der Waals surface area contributed by atoms with Crippen molar-refractivity contribution in [1.82, 2.24) is 19.4 Å². The second-order valence-electron chi connectivity index (χ2n) is 14.7. The topological polar surface area (TPSA) is 188 Å². The molecule has 0 saturated heterocycles. The molecule has 16 nitrogen and oxygen atoms in total. The molecule has 0 spiro atoms. The van der Waals surface area contributed by atoms with Crippen molar-refractivity contribution >= 4 is 51.6 Å². The first-order valence-electron chi connectivity index (χ1n) is 19.6. The van der Waals surface area contributed by atoms with Crippen LogP contribution in [-0.4, -0.2) is 116 Å². The molecule has 312 valence electrons. The fourth-order valence-corrected chi connectivity index (χ4v) is 7.44. The first-order valence-corrected chi connectivity index (χ1v) is 19.6. The van der Waals surface area contributed by atoms with E-state index in [0.29, 0.717) is 53.9 Å². The highest BCUT2D eigenvalue weighted by atomic mass is 16.5. The predicted molar refractivity (Wildman–Crippen MR) is 220 cm³/mol. The molecule has 1 aliphatic carbocycles. The summed E-state index contributed by atoms with van der Waals surface area (Å²) in [6.45, 7) is 1.80. The third kappa shape index (κ3) is 9.67. The first-order chi connectivity index (χ1) is 28.4. The van der Waals surface area contributed by atoms with E-state index in [0.717, 1.165) is 21.6 Å². The van der Waals surface area contributed by atoms with Gasteiger partial charge in [-0.2, -0.15) is 0 Å². The van der Waals surface area contributed by atoms with Crippen LogP contribution in [0.1, 0.15) is 64.8 Å². The molecule has 3 heterocycles. The minimum atomic E-state index is -0.951. The predicted octanol–water partition coefficient (Wildman–Crippen LogP) is 4.22. The van der Waals surface area contributed by atoms with E-state index in [9.17, 15) is 28.8 Å². The third-order valence-corrected chi connectivity index (χ3v) is 10.3. The molecule has 1 saturated carbocycles. The number of nitrogens with one attached hydrogen (secondary N) is 2. The summed E-state index contributed by atoms with van der Waals surface area (Å²) in [5.74, 6) is -0.0167. The lowest BCUT2D eigenvalue weighted by atomic mass is 9.94. The van der Waals surface area contributed by atoms with E-state index >= 15 is 0 Å². The first kappa shape index (κ1) is 42.6. The highest BCUT2D eigenvalue weighted by Gasteiger charge is 2.44. The molecule has 1 atom stereocenters. The zero-order valence-corrected chi connectivity index (χ0v) is 34.1. The lowest BCUT2D eigenvalue weighted by Crippen LogP contribution is -2.45. The Kier molecular flexibility index (Phi) is 13.9. The Bertz CT molecular complexity index is 2300. The summed E-state index contributed by atoms with van der Waals surface area (Å²) in [5.41, 5.74) is 3.02. The van der Waals surface area contributed by atoms with Crippen LogP contribution >= 0.6 is 0 Å². The van der Waals surface area contributed by atoms with Crippen LogP contribution in [-0.2, 0) is 37.4 Å². The van der Waals surface area contributed by atoms with Gasteiger partial charge in [-0.15, -0.1) is 0 Å². The second-order valence-corrected chi connectivity index (χ2v) is 14.7. The van der Waals surface area contributed by atoms with E-state index in [1.165, 1.54) is 10.8 Å². The lowest BCUT2D eigenvalue weighted by Gasteiger charge is -2.26. The number of Topliss-reactive ketones (excluding diaryl/α,β-unsaturated/α-hetero) is 2. The van der Waals surface area contributed by atoms with Crippen LogP contribution in [0, 0.1) is 0 Å². The van der Waals surface area contributed by atoms with Crippen molar-refractivity contribution in [2.75, 3.05) is 71.9 Å². The van der Waals surface area contributed by atoms with Crippen molar-refractivity contribution in [3.63, 3.8) is 0 Å². The van der Waals surface area contributed by atoms with E-state index in [4.69, 9.17) is 18.9 Å². The van der Waals surface area contributed by atoms with Gasteiger partial charge in [-0.3, -0.25) is 33.7 Å². The molecular weight excluding hydrogens is 761 g/mol. The van der Waals surface area contributed by atoms with Crippen LogP contribution in [0.5, 0.6) is 11.5 Å². The molecule has 1 fully saturated rings. The van der Waals surface area contributed by atoms with Crippen molar-refractivity contribution in [2.24, 2.45) is 7.05 Å². The van der Waals surface area contributed by atoms with E-state index in [1.54, 1.807) is 51.7 Å². The fourth-order valence-electron chi connectivity index (χ4n) is 7.44. The standard InChI is InChI=1S/C43H50N6O10/c1-47(2)24-32-36(56-4)20-26(21-37(32)57-5)31-25-48(3)41(53)30-23-45-38(22-29(30)31)46-39(52)14-16-58-18-19-59-17-15-44-33-10-7-9-28-40(33)43(55)49(42(28)54)34-13-12-27(50)8-6-11-35(34)51/h7,9-10,20-23,25,34,44H,6,8,11-19,24H2,1-5H3,(H,45,46,52). The van der Waals surface area contributed by atoms with E-state index in [-0.39, 0.29) is 92.1 Å². The number of fused-ring (bicyclic) bond motifs is 2. The molecule has 1 aliphatic heterocycles. The number of aromatic nitrogens is 2. The zero-order valence-electron chi connectivity index (χ0n) is 34.1. The van der Waals surface area contributed by atoms with Gasteiger partial charge in [0.05, 0.1) is 75.2 Å². The number of amides is 3. The number of methoxy groups -OCH3 is 2. The minimum Gasteiger partial charge on any atom is -0.496 e. The van der Waals surface area contributed by atoms with Gasteiger partial charge in [0.25, 0.3) is 17.4 Å². The molecule has 2 aromatic carbocycles. The smallest absolute Gasteiger partial charge is 0.264 e. The Morgan fingerprint density at radius 2 is 1.61 bits per heavy atom. The largest absolute Gasteiger partial charge is 0.496 e. The number of benzene rings is 2. The summed E-state index contributed by atoms with van der Waals surface area (Å²) in [6, 6.07) is 9.46. The Hall–Kier alpha value is -5.97. The minimum absolute atomic E-state index is 0.0277. The SMILES string of the molecule is COc1cc(-c2cn(C)c(=O)c3cnc(NC(=O)CCOCCOCCNc4cccc5c4C(=O)N(C4CCC(=O)CCCC4=O)C5=O)cc23)cc(OC)c1CN(C)C. The number of ketones is 2. The number of hydrogen-bond donors (Lipinski definition) is 2. The Balaban J connectivity index is 0.978. The van der Waals surface area contributed by atoms with Crippen LogP contribution in [0.15, 0.2) is 53.6 Å². The molecule has 2 N–H and O–H groups in total. The molecule has 0 bridgehead atoms. The van der Waals surface area contributed by atoms with Crippen molar-refractivity contribution < 1.29 is 42.9 Å². The second kappa shape index (κ2) is 19.2. The van der Waals surface area contributed by atoms with Crippen LogP contribution in [0.2, 0.25) is 0 Å². The van der Waals surface area contributed by atoms with Gasteiger partial charge in [0.15, 0.2) is 5.78 Å². The summed E-state index contributed by atoms with van der Waals surface area (Å²) in [5, 5.41) is 6.94. The molecule has 59 heavy (non-hydrogen) atoms. The quantitative estimate of drug-likeness (QED) is 0.114. The Labute approximate surface area is 341 Å². The van der Waals surface area contributed by atoms with Crippen LogP contribution in [0.25, 0.3) is 21.9 Å². The number of imide groups is 1. The number of carbonyl (C=O) groups is 5. The molecule has 3 amide bonds. The van der Waals surface area contributed by atoms with Crippen molar-refractivity contribution in [3.8, 4) is 22.6 Å². The van der Waals surface area contributed by atoms with Gasteiger partial charge in [0, 0.05) is 68.4 Å². The van der Waals surface area contributed by atoms with Crippen LogP contribution < -0.4 is 25.7 Å². The molecule has 2 aliphatic rings. The van der Waals surface area contributed by atoms with Crippen LogP contribution in [0.4, 0.5) is 11.5 Å². The number of pyridine rings is 2. The average molecular weight is 811 g/mol. The summed E-state index contributed by atoms with van der Waals surface area (Å²) >= 11 is 0. The summed E-state index contributed by atoms with van der Waals surface area (Å²) in [7, 11) is 8.78. The highest BCUT2D eigenvalue weighted by Crippen LogP contribution is 2.38. The third-order valence-electron chi connectivity index (χ3n) is 10.3. The maximum Gasteiger partial charge on any atom is 0.264 e. The molecule has 6 rings (SSSR count). The summed E-state index contributed by atoms with van der Waals surface area (Å²) < 4.78 is 24.2. The Morgan fingerprint density at radius 3 is 2.32 bits per heavy atom. The molecular formula is C43H50N6O10. The number of ether oxygens (including phenoxy) is 4. The number of aryl methyl sites for hydroxylation is 1. The van der Waals surface area contributed by atoms with Gasteiger partial charge in [0.1, 0.15) is 23.1 Å². The number of hydrogen-bond acceptors (Lipinski definition) is 13. The maximum atomic E-state index is 13.5. The van der Waals surface area contributed by atoms with Gasteiger partial charge >= 0.3 is 0 Å². The summed E-state index contributed by atoms with van der Waals surface area (Å²) in [6.07, 6.45) is 4.44. The zero-order chi connectivity index (χ0) is 42.2. The fraction of sp³-hybridized carbons (Fsp3) is 0.419. The van der Waals surface area contributed by atoms with E-state index in [2.05, 4.69) is 15.6 Å². The van der Waals surface area contributed by atoms with Crippen molar-refractivity contribution in [2.45, 2.75) is 51.1 Å². The van der Waals surface area contributed by atoms with E-state index in [1.807, 2.05) is 31.1 Å². The monoisotopic (exact) mass is 810 g/mol. The molecule has 2 aromatic heterocycles. The van der Waals surface area contributed by atoms with Gasteiger partial charge in [-0.25, -0.2) is 4.98 Å². The lowest BCUT2D eigenvalue weighted by molar-refractivity contribution is -0.126. The molecule has 1 unspecified atom stereocenters. The molecule has 4 aromatic rings. The average Bonchev–Trinajstić information content (AvgIpc) is 3.46. The molecule has 16 heteroatoms. The highest BCUT2D eigenvalue weighted by molar-refractivity contribution is 6.25.